The van der Waals surface area contributed by atoms with Crippen LogP contribution in [0, 0.1) is 0 Å². The Morgan fingerprint density at radius 2 is 1.42 bits per heavy atom. The van der Waals surface area contributed by atoms with Gasteiger partial charge in [-0.15, -0.1) is 0 Å². The van der Waals surface area contributed by atoms with E-state index in [1.54, 1.807) is 0 Å². The largest absolute Gasteiger partial charge is 0.407 e. The summed E-state index contributed by atoms with van der Waals surface area (Å²) in [5.41, 5.74) is 0. The van der Waals surface area contributed by atoms with Gasteiger partial charge in [0.25, 0.3) is 0 Å². The van der Waals surface area contributed by atoms with Crippen LogP contribution in [0.15, 0.2) is 0 Å². The lowest BCUT2D eigenvalue weighted by molar-refractivity contribution is 0.193. The van der Waals surface area contributed by atoms with E-state index in [1.807, 2.05) is 0 Å². The lowest BCUT2D eigenvalue weighted by atomic mass is 10.5. The first-order valence-electron chi connectivity index (χ1n) is 4.65. The Hall–Kier alpha value is 0.867. The standard InChI is InChI=1S/C8H19IO2Si/c1-4-7-10-12(9,6-3)11-8-5-2/h4-8H2,1-3H3. The minimum absolute atomic E-state index is 0.840. The fourth-order valence-electron chi connectivity index (χ4n) is 0.755. The molecule has 0 amide bonds. The molecule has 0 bridgehead atoms. The van der Waals surface area contributed by atoms with Gasteiger partial charge in [-0.05, 0) is 40.7 Å². The van der Waals surface area contributed by atoms with E-state index in [0.717, 1.165) is 32.1 Å². The molecule has 0 N–H and O–H groups in total. The van der Waals surface area contributed by atoms with Crippen molar-refractivity contribution in [3.05, 3.63) is 0 Å². The SMILES string of the molecule is CCCO[Si](I)(CC)OCCC. The van der Waals surface area contributed by atoms with Crippen molar-refractivity contribution in [1.29, 1.82) is 0 Å². The summed E-state index contributed by atoms with van der Waals surface area (Å²) in [6.45, 7) is 8.07. The van der Waals surface area contributed by atoms with Crippen LogP contribution >= 0.6 is 21.8 Å². The zero-order valence-electron chi connectivity index (χ0n) is 8.23. The Balaban J connectivity index is 3.70. The third-order valence-corrected chi connectivity index (χ3v) is 7.74. The summed E-state index contributed by atoms with van der Waals surface area (Å²) < 4.78 is 11.5. The molecule has 0 aliphatic rings. The third-order valence-electron chi connectivity index (χ3n) is 1.47. The highest BCUT2D eigenvalue weighted by molar-refractivity contribution is 14.1. The summed E-state index contributed by atoms with van der Waals surface area (Å²) in [5.74, 6) is 0. The number of hydrogen-bond acceptors (Lipinski definition) is 2. The van der Waals surface area contributed by atoms with Crippen LogP contribution in [0.1, 0.15) is 33.6 Å². The predicted molar refractivity (Wildman–Crippen MR) is 62.7 cm³/mol. The molecule has 0 heterocycles. The molecule has 0 aliphatic carbocycles. The maximum atomic E-state index is 5.73. The number of rotatable bonds is 7. The second-order valence-corrected chi connectivity index (χ2v) is 10.2. The first-order valence-corrected chi connectivity index (χ1v) is 9.79. The minimum Gasteiger partial charge on any atom is -0.387 e. The van der Waals surface area contributed by atoms with Gasteiger partial charge in [0.15, 0.2) is 0 Å². The molecule has 0 aromatic carbocycles. The van der Waals surface area contributed by atoms with Crippen molar-refractivity contribution >= 4 is 27.9 Å². The molecule has 12 heavy (non-hydrogen) atoms. The van der Waals surface area contributed by atoms with Crippen LogP contribution < -0.4 is 0 Å². The molecule has 0 radical (unpaired) electrons. The smallest absolute Gasteiger partial charge is 0.387 e. The van der Waals surface area contributed by atoms with E-state index in [1.165, 1.54) is 0 Å². The topological polar surface area (TPSA) is 18.5 Å². The summed E-state index contributed by atoms with van der Waals surface area (Å²) in [5, 5.41) is 0. The Kier molecular flexibility index (Phi) is 7.81. The lowest BCUT2D eigenvalue weighted by Gasteiger charge is -2.22. The maximum Gasteiger partial charge on any atom is 0.407 e. The van der Waals surface area contributed by atoms with Crippen LogP contribution in [0.25, 0.3) is 0 Å². The molecule has 0 rings (SSSR count). The molecule has 0 unspecified atom stereocenters. The van der Waals surface area contributed by atoms with Crippen molar-refractivity contribution in [2.24, 2.45) is 0 Å². The predicted octanol–water partition coefficient (Wildman–Crippen LogP) is 3.23. The summed E-state index contributed by atoms with van der Waals surface area (Å²) >= 11 is 2.38. The van der Waals surface area contributed by atoms with Crippen molar-refractivity contribution < 1.29 is 8.85 Å². The number of hydrogen-bond donors (Lipinski definition) is 0. The highest BCUT2D eigenvalue weighted by atomic mass is 127. The number of halogens is 1. The zero-order chi connectivity index (χ0) is 9.45. The van der Waals surface area contributed by atoms with Gasteiger partial charge in [-0.25, -0.2) is 0 Å². The van der Waals surface area contributed by atoms with Gasteiger partial charge in [-0.2, -0.15) is 0 Å². The fourth-order valence-corrected chi connectivity index (χ4v) is 3.59. The van der Waals surface area contributed by atoms with Crippen LogP contribution in [-0.4, -0.2) is 19.3 Å². The third kappa shape index (κ3) is 5.50. The highest BCUT2D eigenvalue weighted by Crippen LogP contribution is 2.21. The van der Waals surface area contributed by atoms with Crippen LogP contribution in [0.5, 0.6) is 0 Å². The summed E-state index contributed by atoms with van der Waals surface area (Å²) in [6.07, 6.45) is 2.15. The highest BCUT2D eigenvalue weighted by Gasteiger charge is 2.31. The molecule has 0 aliphatic heterocycles. The van der Waals surface area contributed by atoms with E-state index in [-0.39, 0.29) is 0 Å². The Morgan fingerprint density at radius 3 is 1.67 bits per heavy atom. The Morgan fingerprint density at radius 1 is 1.00 bits per heavy atom. The van der Waals surface area contributed by atoms with Crippen molar-refractivity contribution in [1.82, 2.24) is 0 Å². The molecule has 0 fully saturated rings. The van der Waals surface area contributed by atoms with Gasteiger partial charge in [-0.3, -0.25) is 0 Å². The van der Waals surface area contributed by atoms with E-state index >= 15 is 0 Å². The van der Waals surface area contributed by atoms with Crippen molar-refractivity contribution in [3.63, 3.8) is 0 Å². The first-order chi connectivity index (χ1) is 5.68. The Bertz CT molecular complexity index is 103. The molecular formula is C8H19IO2Si. The van der Waals surface area contributed by atoms with Gasteiger partial charge >= 0.3 is 6.06 Å². The zero-order valence-corrected chi connectivity index (χ0v) is 11.4. The second kappa shape index (κ2) is 7.29. The lowest BCUT2D eigenvalue weighted by Crippen LogP contribution is -2.34. The molecular weight excluding hydrogens is 283 g/mol. The molecule has 0 aromatic heterocycles. The van der Waals surface area contributed by atoms with Crippen molar-refractivity contribution in [2.75, 3.05) is 13.2 Å². The molecule has 0 atom stereocenters. The molecule has 0 aromatic rings. The van der Waals surface area contributed by atoms with Gasteiger partial charge in [0.1, 0.15) is 0 Å². The average molecular weight is 302 g/mol. The molecule has 0 spiro atoms. The Labute approximate surface area is 89.5 Å². The van der Waals surface area contributed by atoms with Crippen LogP contribution in [-0.2, 0) is 8.85 Å². The molecule has 2 nitrogen and oxygen atoms in total. The summed E-state index contributed by atoms with van der Waals surface area (Å²) in [4.78, 5) is 0. The van der Waals surface area contributed by atoms with Gasteiger partial charge in [0.2, 0.25) is 0 Å². The van der Waals surface area contributed by atoms with Gasteiger partial charge in [0.05, 0.1) is 0 Å². The quantitative estimate of drug-likeness (QED) is 0.408. The molecule has 0 saturated carbocycles. The monoisotopic (exact) mass is 302 g/mol. The molecule has 4 heteroatoms. The van der Waals surface area contributed by atoms with Crippen LogP contribution in [0.4, 0.5) is 0 Å². The second-order valence-electron chi connectivity index (χ2n) is 2.71. The van der Waals surface area contributed by atoms with Crippen LogP contribution in [0.3, 0.4) is 0 Å². The normalized spacial score (nSPS) is 12.0. The minimum atomic E-state index is -1.80. The van der Waals surface area contributed by atoms with E-state index in [0.29, 0.717) is 0 Å². The van der Waals surface area contributed by atoms with Crippen molar-refractivity contribution in [3.8, 4) is 0 Å². The van der Waals surface area contributed by atoms with E-state index < -0.39 is 6.06 Å². The van der Waals surface area contributed by atoms with E-state index in [9.17, 15) is 0 Å². The van der Waals surface area contributed by atoms with Crippen LogP contribution in [0.2, 0.25) is 6.04 Å². The van der Waals surface area contributed by atoms with E-state index in [2.05, 4.69) is 42.6 Å². The fraction of sp³-hybridized carbons (Fsp3) is 1.00. The summed E-state index contributed by atoms with van der Waals surface area (Å²) in [7, 11) is 0. The van der Waals surface area contributed by atoms with Crippen molar-refractivity contribution in [2.45, 2.75) is 39.7 Å². The van der Waals surface area contributed by atoms with Gasteiger partial charge in [-0.1, -0.05) is 20.8 Å². The van der Waals surface area contributed by atoms with Gasteiger partial charge < -0.3 is 8.85 Å². The molecule has 74 valence electrons. The molecule has 0 saturated heterocycles. The maximum absolute atomic E-state index is 5.73. The van der Waals surface area contributed by atoms with Gasteiger partial charge in [0, 0.05) is 13.2 Å². The average Bonchev–Trinajstić information content (AvgIpc) is 2.11. The summed E-state index contributed by atoms with van der Waals surface area (Å²) in [6, 6.07) is -0.760. The first kappa shape index (κ1) is 12.9. The van der Waals surface area contributed by atoms with E-state index in [4.69, 9.17) is 8.85 Å².